The number of hydrogen-bond acceptors (Lipinski definition) is 3. The zero-order valence-corrected chi connectivity index (χ0v) is 10.6. The molecule has 0 atom stereocenters. The molecule has 0 aliphatic carbocycles. The third-order valence-electron chi connectivity index (χ3n) is 1.83. The van der Waals surface area contributed by atoms with E-state index < -0.39 is 11.9 Å². The Bertz CT molecular complexity index is 418. The smallest absolute Gasteiger partial charge is 0.397 e. The lowest BCUT2D eigenvalue weighted by molar-refractivity contribution is -0.152. The number of ether oxygens (including phenoxy) is 1. The van der Waals surface area contributed by atoms with Crippen LogP contribution in [0.3, 0.4) is 0 Å². The summed E-state index contributed by atoms with van der Waals surface area (Å²) in [7, 11) is 0. The first-order valence-corrected chi connectivity index (χ1v) is 5.58. The molecule has 86 valence electrons. The Hall–Kier alpha value is -1.36. The molecule has 0 saturated heterocycles. The Kier molecular flexibility index (Phi) is 4.49. The Morgan fingerprint density at radius 1 is 1.44 bits per heavy atom. The van der Waals surface area contributed by atoms with Gasteiger partial charge in [-0.3, -0.25) is 4.79 Å². The topological polar surface area (TPSA) is 55.4 Å². The van der Waals surface area contributed by atoms with Crippen molar-refractivity contribution < 1.29 is 14.3 Å². The first kappa shape index (κ1) is 12.7. The van der Waals surface area contributed by atoms with Crippen LogP contribution in [0.4, 0.5) is 5.69 Å². The first-order valence-electron chi connectivity index (χ1n) is 4.79. The van der Waals surface area contributed by atoms with Crippen molar-refractivity contribution >= 4 is 33.5 Å². The van der Waals surface area contributed by atoms with Crippen molar-refractivity contribution in [3.05, 3.63) is 28.2 Å². The van der Waals surface area contributed by atoms with Crippen molar-refractivity contribution in [2.75, 3.05) is 11.9 Å². The maximum atomic E-state index is 11.3. The molecule has 0 fully saturated rings. The molecule has 0 spiro atoms. The SMILES string of the molecule is CCOC(=O)C(=O)Nc1ccc(C)cc1Br. The number of halogens is 1. The zero-order valence-electron chi connectivity index (χ0n) is 9.04. The van der Waals surface area contributed by atoms with Gasteiger partial charge in [0.2, 0.25) is 0 Å². The summed E-state index contributed by atoms with van der Waals surface area (Å²) in [5, 5.41) is 2.46. The van der Waals surface area contributed by atoms with E-state index in [1.54, 1.807) is 13.0 Å². The average Bonchev–Trinajstić information content (AvgIpc) is 2.22. The van der Waals surface area contributed by atoms with Crippen LogP contribution in [0, 0.1) is 6.92 Å². The van der Waals surface area contributed by atoms with Gasteiger partial charge in [0, 0.05) is 4.47 Å². The van der Waals surface area contributed by atoms with E-state index in [0.717, 1.165) is 10.0 Å². The van der Waals surface area contributed by atoms with E-state index in [9.17, 15) is 9.59 Å². The fourth-order valence-electron chi connectivity index (χ4n) is 1.09. The molecule has 4 nitrogen and oxygen atoms in total. The molecule has 0 radical (unpaired) electrons. The summed E-state index contributed by atoms with van der Waals surface area (Å²) >= 11 is 3.30. The van der Waals surface area contributed by atoms with Gasteiger partial charge < -0.3 is 10.1 Å². The molecule has 1 aromatic carbocycles. The van der Waals surface area contributed by atoms with Crippen molar-refractivity contribution in [2.45, 2.75) is 13.8 Å². The highest BCUT2D eigenvalue weighted by atomic mass is 79.9. The van der Waals surface area contributed by atoms with E-state index in [4.69, 9.17) is 0 Å². The molecule has 0 heterocycles. The number of amides is 1. The average molecular weight is 286 g/mol. The number of rotatable bonds is 2. The lowest BCUT2D eigenvalue weighted by atomic mass is 10.2. The molecule has 16 heavy (non-hydrogen) atoms. The number of benzene rings is 1. The number of anilines is 1. The molecule has 1 N–H and O–H groups in total. The minimum atomic E-state index is -0.880. The number of esters is 1. The van der Waals surface area contributed by atoms with Crippen molar-refractivity contribution in [3.63, 3.8) is 0 Å². The van der Waals surface area contributed by atoms with Crippen molar-refractivity contribution in [1.82, 2.24) is 0 Å². The van der Waals surface area contributed by atoms with Gasteiger partial charge in [0.1, 0.15) is 0 Å². The molecule has 0 unspecified atom stereocenters. The van der Waals surface area contributed by atoms with Crippen LogP contribution in [0.15, 0.2) is 22.7 Å². The summed E-state index contributed by atoms with van der Waals surface area (Å²) in [6.45, 7) is 3.76. The lowest BCUT2D eigenvalue weighted by Gasteiger charge is -2.07. The quantitative estimate of drug-likeness (QED) is 0.670. The number of aryl methyl sites for hydroxylation is 1. The van der Waals surface area contributed by atoms with E-state index >= 15 is 0 Å². The first-order chi connectivity index (χ1) is 7.54. The molecule has 0 saturated carbocycles. The summed E-state index contributed by atoms with van der Waals surface area (Å²) in [4.78, 5) is 22.4. The summed E-state index contributed by atoms with van der Waals surface area (Å²) in [5.41, 5.74) is 1.60. The third-order valence-corrected chi connectivity index (χ3v) is 2.49. The van der Waals surface area contributed by atoms with Gasteiger partial charge in [-0.25, -0.2) is 4.79 Å². The molecule has 0 aromatic heterocycles. The van der Waals surface area contributed by atoms with Crippen LogP contribution < -0.4 is 5.32 Å². The molecular weight excluding hydrogens is 274 g/mol. The summed E-state index contributed by atoms with van der Waals surface area (Å²) in [6, 6.07) is 5.41. The van der Waals surface area contributed by atoms with E-state index in [1.807, 2.05) is 19.1 Å². The Balaban J connectivity index is 2.73. The molecule has 1 rings (SSSR count). The minimum absolute atomic E-state index is 0.182. The van der Waals surface area contributed by atoms with Gasteiger partial charge >= 0.3 is 11.9 Å². The fraction of sp³-hybridized carbons (Fsp3) is 0.273. The highest BCUT2D eigenvalue weighted by molar-refractivity contribution is 9.10. The minimum Gasteiger partial charge on any atom is -0.459 e. The number of carbonyl (C=O) groups is 2. The van der Waals surface area contributed by atoms with Crippen LogP contribution in [-0.2, 0) is 14.3 Å². The summed E-state index contributed by atoms with van der Waals surface area (Å²) in [6.07, 6.45) is 0. The van der Waals surface area contributed by atoms with Crippen molar-refractivity contribution in [3.8, 4) is 0 Å². The second-order valence-corrected chi connectivity index (χ2v) is 4.01. The Morgan fingerprint density at radius 2 is 2.12 bits per heavy atom. The van der Waals surface area contributed by atoms with Crippen molar-refractivity contribution in [1.29, 1.82) is 0 Å². The predicted octanol–water partition coefficient (Wildman–Crippen LogP) is 2.26. The van der Waals surface area contributed by atoms with E-state index in [1.165, 1.54) is 0 Å². The van der Waals surface area contributed by atoms with Gasteiger partial charge in [0.05, 0.1) is 12.3 Å². The predicted molar refractivity (Wildman–Crippen MR) is 64.1 cm³/mol. The number of carbonyl (C=O) groups excluding carboxylic acids is 2. The van der Waals surface area contributed by atoms with Crippen LogP contribution in [0.25, 0.3) is 0 Å². The van der Waals surface area contributed by atoms with Gasteiger partial charge in [-0.1, -0.05) is 6.07 Å². The molecule has 1 amide bonds. The molecular formula is C11H12BrNO3. The van der Waals surface area contributed by atoms with Crippen LogP contribution in [0.5, 0.6) is 0 Å². The maximum Gasteiger partial charge on any atom is 0.397 e. The van der Waals surface area contributed by atoms with Gasteiger partial charge in [0.15, 0.2) is 0 Å². The van der Waals surface area contributed by atoms with Gasteiger partial charge in [-0.2, -0.15) is 0 Å². The Morgan fingerprint density at radius 3 is 2.69 bits per heavy atom. The molecule has 0 aliphatic heterocycles. The number of nitrogens with one attached hydrogen (secondary N) is 1. The highest BCUT2D eigenvalue weighted by Gasteiger charge is 2.15. The zero-order chi connectivity index (χ0) is 12.1. The summed E-state index contributed by atoms with van der Waals surface area (Å²) < 4.78 is 5.30. The van der Waals surface area contributed by atoms with Crippen LogP contribution in [0.2, 0.25) is 0 Å². The second kappa shape index (κ2) is 5.65. The molecule has 0 bridgehead atoms. The highest BCUT2D eigenvalue weighted by Crippen LogP contribution is 2.23. The van der Waals surface area contributed by atoms with Gasteiger partial charge in [-0.05, 0) is 47.5 Å². The monoisotopic (exact) mass is 285 g/mol. The van der Waals surface area contributed by atoms with E-state index in [2.05, 4.69) is 26.0 Å². The maximum absolute atomic E-state index is 11.3. The second-order valence-electron chi connectivity index (χ2n) is 3.16. The Labute approximate surface area is 102 Å². The normalized spacial score (nSPS) is 9.69. The van der Waals surface area contributed by atoms with Crippen LogP contribution in [-0.4, -0.2) is 18.5 Å². The molecule has 0 aliphatic rings. The number of hydrogen-bond donors (Lipinski definition) is 1. The molecule has 1 aromatic rings. The standard InChI is InChI=1S/C11H12BrNO3/c1-3-16-11(15)10(14)13-9-5-4-7(2)6-8(9)12/h4-6H,3H2,1-2H3,(H,13,14). The van der Waals surface area contributed by atoms with Crippen molar-refractivity contribution in [2.24, 2.45) is 0 Å². The van der Waals surface area contributed by atoms with Crippen LogP contribution in [0.1, 0.15) is 12.5 Å². The van der Waals surface area contributed by atoms with Gasteiger partial charge in [-0.15, -0.1) is 0 Å². The van der Waals surface area contributed by atoms with Gasteiger partial charge in [0.25, 0.3) is 0 Å². The van der Waals surface area contributed by atoms with E-state index in [-0.39, 0.29) is 6.61 Å². The molecule has 5 heteroatoms. The largest absolute Gasteiger partial charge is 0.459 e. The van der Waals surface area contributed by atoms with E-state index in [0.29, 0.717) is 5.69 Å². The summed E-state index contributed by atoms with van der Waals surface area (Å²) in [5.74, 6) is -1.65. The fourth-order valence-corrected chi connectivity index (χ4v) is 1.68. The lowest BCUT2D eigenvalue weighted by Crippen LogP contribution is -2.25. The van der Waals surface area contributed by atoms with Crippen LogP contribution >= 0.6 is 15.9 Å². The third kappa shape index (κ3) is 3.34.